The fraction of sp³-hybridized carbons (Fsp3) is 0.424. The Morgan fingerprint density at radius 2 is 1.55 bits per heavy atom. The number of rotatable bonds is 9. The molecule has 1 saturated carbocycles. The molecule has 2 aromatic carbocycles. The van der Waals surface area contributed by atoms with Crippen molar-refractivity contribution in [3.05, 3.63) is 95.3 Å². The Balaban J connectivity index is 1.48. The highest BCUT2D eigenvalue weighted by Gasteiger charge is 2.32. The number of nitrogens with two attached hydrogens (primary N) is 1. The Labute approximate surface area is 248 Å². The Morgan fingerprint density at radius 3 is 2.19 bits per heavy atom. The van der Waals surface area contributed by atoms with Crippen LogP contribution in [0.25, 0.3) is 0 Å². The lowest BCUT2D eigenvalue weighted by atomic mass is 9.89. The van der Waals surface area contributed by atoms with Crippen LogP contribution >= 0.6 is 0 Å². The van der Waals surface area contributed by atoms with Crippen LogP contribution in [-0.2, 0) is 35.7 Å². The van der Waals surface area contributed by atoms with E-state index < -0.39 is 11.7 Å². The van der Waals surface area contributed by atoms with Gasteiger partial charge < -0.3 is 20.3 Å². The molecule has 0 radical (unpaired) electrons. The predicted molar refractivity (Wildman–Crippen MR) is 160 cm³/mol. The molecular weight excluding hydrogens is 532 g/mol. The quantitative estimate of drug-likeness (QED) is 0.315. The molecule has 1 aliphatic carbocycles. The third-order valence-electron chi connectivity index (χ3n) is 7.23. The van der Waals surface area contributed by atoms with Crippen LogP contribution in [0.15, 0.2) is 72.9 Å². The third-order valence-corrected chi connectivity index (χ3v) is 7.23. The van der Waals surface area contributed by atoms with E-state index in [4.69, 9.17) is 15.2 Å². The Morgan fingerprint density at radius 1 is 0.881 bits per heavy atom. The number of carbonyl (C=O) groups excluding carboxylic acids is 2. The van der Waals surface area contributed by atoms with Gasteiger partial charge in [-0.3, -0.25) is 14.8 Å². The first-order chi connectivity index (χ1) is 20.1. The zero-order chi connectivity index (χ0) is 30.1. The molecule has 0 saturated heterocycles. The monoisotopic (exact) mass is 574 g/mol. The Bertz CT molecular complexity index is 1310. The second-order valence-electron chi connectivity index (χ2n) is 11.8. The van der Waals surface area contributed by atoms with Gasteiger partial charge in [-0.2, -0.15) is 0 Å². The summed E-state index contributed by atoms with van der Waals surface area (Å²) in [5, 5.41) is 10.2. The first-order valence-corrected chi connectivity index (χ1v) is 14.5. The maximum absolute atomic E-state index is 13.3. The van der Waals surface area contributed by atoms with E-state index in [2.05, 4.69) is 4.98 Å². The molecule has 1 heterocycles. The number of amides is 2. The van der Waals surface area contributed by atoms with E-state index in [1.165, 1.54) is 4.90 Å². The van der Waals surface area contributed by atoms with Gasteiger partial charge in [0, 0.05) is 25.3 Å². The zero-order valence-corrected chi connectivity index (χ0v) is 24.7. The number of aromatic hydroxyl groups is 1. The fourth-order valence-electron chi connectivity index (χ4n) is 5.06. The molecule has 9 heteroatoms. The topological polar surface area (TPSA) is 118 Å². The maximum atomic E-state index is 13.3. The van der Waals surface area contributed by atoms with E-state index in [0.717, 1.165) is 42.4 Å². The number of aromatic nitrogens is 1. The summed E-state index contributed by atoms with van der Waals surface area (Å²) in [6.45, 7) is 6.33. The second kappa shape index (κ2) is 14.2. The van der Waals surface area contributed by atoms with Gasteiger partial charge in [0.2, 0.25) is 0 Å². The molecule has 2 atom stereocenters. The maximum Gasteiger partial charge on any atom is 0.410 e. The number of hydrogen-bond donors (Lipinski definition) is 2. The lowest BCUT2D eigenvalue weighted by molar-refractivity contribution is 0.0212. The summed E-state index contributed by atoms with van der Waals surface area (Å²) >= 11 is 0. The van der Waals surface area contributed by atoms with Crippen LogP contribution in [0.1, 0.15) is 68.8 Å². The van der Waals surface area contributed by atoms with Crippen LogP contribution in [0.2, 0.25) is 0 Å². The number of carbonyl (C=O) groups is 2. The van der Waals surface area contributed by atoms with Crippen LogP contribution < -0.4 is 5.73 Å². The summed E-state index contributed by atoms with van der Waals surface area (Å²) in [6.07, 6.45) is 4.48. The van der Waals surface area contributed by atoms with Crippen LogP contribution in [0.4, 0.5) is 9.59 Å². The van der Waals surface area contributed by atoms with E-state index in [1.54, 1.807) is 23.2 Å². The number of nitrogens with zero attached hydrogens (tertiary/aromatic N) is 3. The highest BCUT2D eigenvalue weighted by atomic mass is 16.6. The SMILES string of the molecule is CC(C)(C)OC(=O)N(Cc1ccc(CN(C(=O)OCc2ccccc2)[C@@H]2CCCC[C@@H]2N)cc1)Cc1ncccc1O. The van der Waals surface area contributed by atoms with Gasteiger partial charge in [-0.25, -0.2) is 9.59 Å². The minimum atomic E-state index is -0.677. The van der Waals surface area contributed by atoms with Crippen molar-refractivity contribution in [2.24, 2.45) is 5.73 Å². The summed E-state index contributed by atoms with van der Waals surface area (Å²) in [7, 11) is 0. The third kappa shape index (κ3) is 8.94. The molecule has 0 aliphatic heterocycles. The molecule has 0 spiro atoms. The molecule has 224 valence electrons. The van der Waals surface area contributed by atoms with Gasteiger partial charge in [-0.15, -0.1) is 0 Å². The molecule has 2 amide bonds. The molecular formula is C33H42N4O5. The van der Waals surface area contributed by atoms with Crippen LogP contribution in [-0.4, -0.2) is 49.8 Å². The average Bonchev–Trinajstić information content (AvgIpc) is 2.96. The highest BCUT2D eigenvalue weighted by Crippen LogP contribution is 2.25. The molecule has 3 aromatic rings. The normalized spacial score (nSPS) is 16.9. The lowest BCUT2D eigenvalue weighted by Crippen LogP contribution is -2.51. The summed E-state index contributed by atoms with van der Waals surface area (Å²) in [4.78, 5) is 33.9. The smallest absolute Gasteiger partial charge is 0.410 e. The molecule has 3 N–H and O–H groups in total. The van der Waals surface area contributed by atoms with Gasteiger partial charge >= 0.3 is 12.2 Å². The minimum Gasteiger partial charge on any atom is -0.506 e. The zero-order valence-electron chi connectivity index (χ0n) is 24.7. The molecule has 4 rings (SSSR count). The van der Waals surface area contributed by atoms with E-state index in [-0.39, 0.29) is 43.6 Å². The molecule has 1 fully saturated rings. The van der Waals surface area contributed by atoms with E-state index in [9.17, 15) is 14.7 Å². The van der Waals surface area contributed by atoms with Crippen LogP contribution in [0.5, 0.6) is 5.75 Å². The molecule has 9 nitrogen and oxygen atoms in total. The van der Waals surface area contributed by atoms with Crippen molar-refractivity contribution in [2.45, 2.75) is 90.4 Å². The van der Waals surface area contributed by atoms with Gasteiger partial charge in [-0.05, 0) is 62.4 Å². The average molecular weight is 575 g/mol. The first-order valence-electron chi connectivity index (χ1n) is 14.5. The van der Waals surface area contributed by atoms with E-state index in [0.29, 0.717) is 12.2 Å². The summed E-state index contributed by atoms with van der Waals surface area (Å²) in [6, 6.07) is 20.4. The molecule has 0 unspecified atom stereocenters. The van der Waals surface area contributed by atoms with E-state index in [1.807, 2.05) is 75.4 Å². The van der Waals surface area contributed by atoms with Gasteiger partial charge in [0.1, 0.15) is 23.7 Å². The Hall–Kier alpha value is -4.11. The van der Waals surface area contributed by atoms with Gasteiger partial charge in [0.15, 0.2) is 0 Å². The number of pyridine rings is 1. The van der Waals surface area contributed by atoms with Crippen molar-refractivity contribution in [3.63, 3.8) is 0 Å². The van der Waals surface area contributed by atoms with Crippen molar-refractivity contribution in [3.8, 4) is 5.75 Å². The van der Waals surface area contributed by atoms with Crippen LogP contribution in [0, 0.1) is 0 Å². The molecule has 1 aromatic heterocycles. The second-order valence-corrected chi connectivity index (χ2v) is 11.8. The minimum absolute atomic E-state index is 0.0153. The molecule has 0 bridgehead atoms. The van der Waals surface area contributed by atoms with Crippen molar-refractivity contribution < 1.29 is 24.2 Å². The first kappa shape index (κ1) is 30.8. The number of hydrogen-bond acceptors (Lipinski definition) is 7. The number of ether oxygens (including phenoxy) is 2. The van der Waals surface area contributed by atoms with E-state index >= 15 is 0 Å². The fourth-order valence-corrected chi connectivity index (χ4v) is 5.06. The standard InChI is InChI=1S/C33H42N4O5/c1-33(2,3)42-31(39)36(22-28-30(38)14-9-19-35-28)20-24-15-17-25(18-16-24)21-37(29-13-8-7-12-27(29)34)32(40)41-23-26-10-5-4-6-11-26/h4-6,9-11,14-19,27,29,38H,7-8,12-13,20-23,34H2,1-3H3/t27-,29+/m0/s1. The summed E-state index contributed by atoms with van der Waals surface area (Å²) in [5.74, 6) is 0.0153. The Kier molecular flexibility index (Phi) is 10.4. The van der Waals surface area contributed by atoms with Crippen molar-refractivity contribution >= 4 is 12.2 Å². The molecule has 1 aliphatic rings. The highest BCUT2D eigenvalue weighted by molar-refractivity contribution is 5.69. The van der Waals surface area contributed by atoms with Crippen LogP contribution in [0.3, 0.4) is 0 Å². The van der Waals surface area contributed by atoms with Gasteiger partial charge in [-0.1, -0.05) is 67.4 Å². The molecule has 42 heavy (non-hydrogen) atoms. The van der Waals surface area contributed by atoms with Crippen molar-refractivity contribution in [1.82, 2.24) is 14.8 Å². The van der Waals surface area contributed by atoms with Gasteiger partial charge in [0.25, 0.3) is 0 Å². The number of benzene rings is 2. The van der Waals surface area contributed by atoms with Crippen molar-refractivity contribution in [2.75, 3.05) is 0 Å². The largest absolute Gasteiger partial charge is 0.506 e. The lowest BCUT2D eigenvalue weighted by Gasteiger charge is -2.37. The summed E-state index contributed by atoms with van der Waals surface area (Å²) in [5.41, 5.74) is 8.91. The van der Waals surface area contributed by atoms with Crippen molar-refractivity contribution in [1.29, 1.82) is 0 Å². The summed E-state index contributed by atoms with van der Waals surface area (Å²) < 4.78 is 11.3. The van der Waals surface area contributed by atoms with Gasteiger partial charge in [0.05, 0.1) is 12.6 Å². The predicted octanol–water partition coefficient (Wildman–Crippen LogP) is 6.13.